The van der Waals surface area contributed by atoms with Crippen LogP contribution in [0, 0.1) is 6.92 Å². The van der Waals surface area contributed by atoms with Gasteiger partial charge in [0.1, 0.15) is 5.75 Å². The third-order valence-corrected chi connectivity index (χ3v) is 3.46. The summed E-state index contributed by atoms with van der Waals surface area (Å²) in [5, 5.41) is 3.47. The van der Waals surface area contributed by atoms with E-state index in [4.69, 9.17) is 4.74 Å². The zero-order valence-corrected chi connectivity index (χ0v) is 13.1. The summed E-state index contributed by atoms with van der Waals surface area (Å²) >= 11 is 0. The minimum Gasteiger partial charge on any atom is -0.491 e. The SMILES string of the molecule is CCCCCOc1ccccc1NCc1cccc(C)c1. The molecule has 0 aliphatic heterocycles. The van der Waals surface area contributed by atoms with Crippen LogP contribution < -0.4 is 10.1 Å². The summed E-state index contributed by atoms with van der Waals surface area (Å²) in [4.78, 5) is 0. The lowest BCUT2D eigenvalue weighted by atomic mass is 10.1. The van der Waals surface area contributed by atoms with Crippen LogP contribution in [0.2, 0.25) is 0 Å². The highest BCUT2D eigenvalue weighted by Gasteiger charge is 2.02. The normalized spacial score (nSPS) is 10.4. The van der Waals surface area contributed by atoms with Gasteiger partial charge >= 0.3 is 0 Å². The van der Waals surface area contributed by atoms with E-state index >= 15 is 0 Å². The smallest absolute Gasteiger partial charge is 0.142 e. The van der Waals surface area contributed by atoms with Crippen LogP contribution in [-0.2, 0) is 6.54 Å². The number of aryl methyl sites for hydroxylation is 1. The van der Waals surface area contributed by atoms with Crippen LogP contribution in [0.15, 0.2) is 48.5 Å². The van der Waals surface area contributed by atoms with E-state index < -0.39 is 0 Å². The van der Waals surface area contributed by atoms with E-state index in [1.165, 1.54) is 24.0 Å². The molecule has 0 unspecified atom stereocenters. The van der Waals surface area contributed by atoms with Crippen molar-refractivity contribution in [3.05, 3.63) is 59.7 Å². The van der Waals surface area contributed by atoms with E-state index in [1.54, 1.807) is 0 Å². The number of unbranched alkanes of at least 4 members (excludes halogenated alkanes) is 2. The van der Waals surface area contributed by atoms with E-state index in [1.807, 2.05) is 18.2 Å². The second-order valence-electron chi connectivity index (χ2n) is 5.39. The number of anilines is 1. The summed E-state index contributed by atoms with van der Waals surface area (Å²) in [5.41, 5.74) is 3.64. The molecule has 2 heteroatoms. The minimum atomic E-state index is 0.789. The van der Waals surface area contributed by atoms with Gasteiger partial charge in [0, 0.05) is 6.54 Å². The summed E-state index contributed by atoms with van der Waals surface area (Å²) in [5.74, 6) is 0.946. The summed E-state index contributed by atoms with van der Waals surface area (Å²) in [6.07, 6.45) is 3.55. The van der Waals surface area contributed by atoms with Gasteiger partial charge in [0.15, 0.2) is 0 Å². The summed E-state index contributed by atoms with van der Waals surface area (Å²) < 4.78 is 5.89. The average molecular weight is 283 g/mol. The number of para-hydroxylation sites is 2. The standard InChI is InChI=1S/C19H25NO/c1-3-4-7-13-21-19-12-6-5-11-18(19)20-15-17-10-8-9-16(2)14-17/h5-6,8-12,14,20H,3-4,7,13,15H2,1-2H3. The van der Waals surface area contributed by atoms with E-state index in [9.17, 15) is 0 Å². The van der Waals surface area contributed by atoms with Crippen molar-refractivity contribution in [2.24, 2.45) is 0 Å². The molecule has 2 aromatic rings. The number of rotatable bonds is 8. The molecule has 0 aliphatic carbocycles. The molecule has 2 aromatic carbocycles. The Labute approximate surface area is 128 Å². The highest BCUT2D eigenvalue weighted by molar-refractivity contribution is 5.56. The lowest BCUT2D eigenvalue weighted by molar-refractivity contribution is 0.307. The molecule has 0 heterocycles. The highest BCUT2D eigenvalue weighted by atomic mass is 16.5. The molecule has 0 saturated heterocycles. The quantitative estimate of drug-likeness (QED) is 0.674. The lowest BCUT2D eigenvalue weighted by Crippen LogP contribution is -2.04. The second-order valence-corrected chi connectivity index (χ2v) is 5.39. The van der Waals surface area contributed by atoms with E-state index in [-0.39, 0.29) is 0 Å². The summed E-state index contributed by atoms with van der Waals surface area (Å²) in [7, 11) is 0. The Kier molecular flexibility index (Phi) is 6.14. The molecule has 0 amide bonds. The van der Waals surface area contributed by atoms with Crippen molar-refractivity contribution in [3.8, 4) is 5.75 Å². The Hall–Kier alpha value is -1.96. The molecule has 112 valence electrons. The number of nitrogens with one attached hydrogen (secondary N) is 1. The number of hydrogen-bond acceptors (Lipinski definition) is 2. The molecule has 1 N–H and O–H groups in total. The monoisotopic (exact) mass is 283 g/mol. The van der Waals surface area contributed by atoms with Gasteiger partial charge in [0.05, 0.1) is 12.3 Å². The predicted octanol–water partition coefficient (Wildman–Crippen LogP) is 5.18. The molecule has 0 atom stereocenters. The van der Waals surface area contributed by atoms with Crippen LogP contribution in [0.4, 0.5) is 5.69 Å². The molecule has 0 aliphatic rings. The van der Waals surface area contributed by atoms with Gasteiger partial charge < -0.3 is 10.1 Å². The summed E-state index contributed by atoms with van der Waals surface area (Å²) in [6, 6.07) is 16.7. The van der Waals surface area contributed by atoms with E-state index in [2.05, 4.69) is 49.5 Å². The summed E-state index contributed by atoms with van der Waals surface area (Å²) in [6.45, 7) is 5.93. The zero-order chi connectivity index (χ0) is 14.9. The fourth-order valence-electron chi connectivity index (χ4n) is 2.29. The van der Waals surface area contributed by atoms with Gasteiger partial charge in [-0.1, -0.05) is 61.7 Å². The van der Waals surface area contributed by atoms with E-state index in [0.29, 0.717) is 0 Å². The fraction of sp³-hybridized carbons (Fsp3) is 0.368. The van der Waals surface area contributed by atoms with Crippen molar-refractivity contribution in [3.63, 3.8) is 0 Å². The molecular formula is C19H25NO. The van der Waals surface area contributed by atoms with Crippen LogP contribution >= 0.6 is 0 Å². The average Bonchev–Trinajstić information content (AvgIpc) is 2.50. The first-order valence-electron chi connectivity index (χ1n) is 7.81. The van der Waals surface area contributed by atoms with Gasteiger partial charge in [-0.25, -0.2) is 0 Å². The third-order valence-electron chi connectivity index (χ3n) is 3.46. The maximum Gasteiger partial charge on any atom is 0.142 e. The van der Waals surface area contributed by atoms with Crippen LogP contribution in [0.25, 0.3) is 0 Å². The van der Waals surface area contributed by atoms with Gasteiger partial charge in [-0.3, -0.25) is 0 Å². The largest absolute Gasteiger partial charge is 0.491 e. The van der Waals surface area contributed by atoms with Gasteiger partial charge in [0.25, 0.3) is 0 Å². The van der Waals surface area contributed by atoms with Crippen molar-refractivity contribution in [2.45, 2.75) is 39.7 Å². The number of ether oxygens (including phenoxy) is 1. The van der Waals surface area contributed by atoms with Crippen LogP contribution in [-0.4, -0.2) is 6.61 Å². The zero-order valence-electron chi connectivity index (χ0n) is 13.1. The van der Waals surface area contributed by atoms with E-state index in [0.717, 1.165) is 31.0 Å². The van der Waals surface area contributed by atoms with Crippen LogP contribution in [0.3, 0.4) is 0 Å². The Morgan fingerprint density at radius 1 is 1.00 bits per heavy atom. The van der Waals surface area contributed by atoms with Crippen molar-refractivity contribution >= 4 is 5.69 Å². The maximum absolute atomic E-state index is 5.89. The predicted molar refractivity (Wildman–Crippen MR) is 90.0 cm³/mol. The minimum absolute atomic E-state index is 0.789. The van der Waals surface area contributed by atoms with Crippen LogP contribution in [0.5, 0.6) is 5.75 Å². The van der Waals surface area contributed by atoms with Gasteiger partial charge in [0.2, 0.25) is 0 Å². The van der Waals surface area contributed by atoms with Crippen molar-refractivity contribution < 1.29 is 4.74 Å². The Bertz CT molecular complexity index is 551. The molecule has 0 bridgehead atoms. The van der Waals surface area contributed by atoms with Crippen molar-refractivity contribution in [2.75, 3.05) is 11.9 Å². The molecule has 0 saturated carbocycles. The molecule has 0 fully saturated rings. The van der Waals surface area contributed by atoms with Gasteiger partial charge in [-0.2, -0.15) is 0 Å². The number of benzene rings is 2. The molecular weight excluding hydrogens is 258 g/mol. The van der Waals surface area contributed by atoms with Gasteiger partial charge in [-0.15, -0.1) is 0 Å². The second kappa shape index (κ2) is 8.35. The Morgan fingerprint density at radius 2 is 1.86 bits per heavy atom. The molecule has 0 aromatic heterocycles. The van der Waals surface area contributed by atoms with Crippen molar-refractivity contribution in [1.29, 1.82) is 0 Å². The molecule has 0 spiro atoms. The first-order chi connectivity index (χ1) is 10.3. The Morgan fingerprint density at radius 3 is 2.67 bits per heavy atom. The molecule has 2 rings (SSSR count). The lowest BCUT2D eigenvalue weighted by Gasteiger charge is -2.13. The third kappa shape index (κ3) is 5.14. The molecule has 2 nitrogen and oxygen atoms in total. The molecule has 0 radical (unpaired) electrons. The Balaban J connectivity index is 1.93. The fourth-order valence-corrected chi connectivity index (χ4v) is 2.29. The van der Waals surface area contributed by atoms with Crippen molar-refractivity contribution in [1.82, 2.24) is 0 Å². The first-order valence-corrected chi connectivity index (χ1v) is 7.81. The number of hydrogen-bond donors (Lipinski definition) is 1. The van der Waals surface area contributed by atoms with Gasteiger partial charge in [-0.05, 0) is 31.0 Å². The maximum atomic E-state index is 5.89. The topological polar surface area (TPSA) is 21.3 Å². The first kappa shape index (κ1) is 15.4. The molecule has 21 heavy (non-hydrogen) atoms. The van der Waals surface area contributed by atoms with Crippen LogP contribution in [0.1, 0.15) is 37.3 Å². The highest BCUT2D eigenvalue weighted by Crippen LogP contribution is 2.24.